The van der Waals surface area contributed by atoms with Crippen molar-refractivity contribution in [3.05, 3.63) is 32.6 Å². The second kappa shape index (κ2) is 12.5. The Labute approximate surface area is 225 Å². The summed E-state index contributed by atoms with van der Waals surface area (Å²) in [5, 5.41) is 2.38. The van der Waals surface area contributed by atoms with Crippen molar-refractivity contribution < 1.29 is 67.0 Å². The maximum atomic E-state index is 12.1. The number of carbonyl (C=O) groups excluding carboxylic acids is 2. The molecule has 3 rings (SSSR count). The van der Waals surface area contributed by atoms with E-state index in [0.717, 1.165) is 12.1 Å². The quantitative estimate of drug-likeness (QED) is 0.249. The molecule has 0 bridgehead atoms. The Bertz CT molecular complexity index is 1380. The molecule has 1 aliphatic heterocycles. The summed E-state index contributed by atoms with van der Waals surface area (Å²) in [4.78, 5) is 20.9. The van der Waals surface area contributed by atoms with E-state index in [-0.39, 0.29) is 0 Å². The Morgan fingerprint density at radius 1 is 0.897 bits per heavy atom. The smallest absolute Gasteiger partial charge is 0.459 e. The highest BCUT2D eigenvalue weighted by Gasteiger charge is 2.39. The van der Waals surface area contributed by atoms with E-state index in [9.17, 15) is 52.8 Å². The molecule has 2 aromatic heterocycles. The molecular formula is C18H18F6N2O9S4. The molecule has 220 valence electrons. The molecule has 0 aliphatic carbocycles. The zero-order valence-corrected chi connectivity index (χ0v) is 22.7. The molecule has 11 nitrogen and oxygen atoms in total. The zero-order valence-electron chi connectivity index (χ0n) is 19.5. The van der Waals surface area contributed by atoms with Gasteiger partial charge in [0.25, 0.3) is 0 Å². The highest BCUT2D eigenvalue weighted by Crippen LogP contribution is 2.27. The van der Waals surface area contributed by atoms with Crippen molar-refractivity contribution in [1.29, 1.82) is 0 Å². The van der Waals surface area contributed by atoms with Gasteiger partial charge >= 0.3 is 24.5 Å². The third-order valence-corrected chi connectivity index (χ3v) is 8.83. The molecule has 0 radical (unpaired) electrons. The Hall–Kier alpha value is -2.30. The molecule has 21 heteroatoms. The fourth-order valence-corrected chi connectivity index (χ4v) is 6.91. The number of hydrogen-bond donors (Lipinski definition) is 2. The molecule has 39 heavy (non-hydrogen) atoms. The Morgan fingerprint density at radius 3 is 1.64 bits per heavy atom. The molecule has 0 aromatic carbocycles. The lowest BCUT2D eigenvalue weighted by atomic mass is 10.3. The normalized spacial score (nSPS) is 16.2. The van der Waals surface area contributed by atoms with Crippen LogP contribution in [0.4, 0.5) is 26.3 Å². The number of carbonyl (C=O) groups is 2. The van der Waals surface area contributed by atoms with E-state index in [1.807, 2.05) is 0 Å². The third kappa shape index (κ3) is 9.99. The largest absolute Gasteiger partial charge is 0.470 e. The highest BCUT2D eigenvalue weighted by molar-refractivity contribution is 7.90. The van der Waals surface area contributed by atoms with Crippen molar-refractivity contribution in [3.8, 4) is 0 Å². The van der Waals surface area contributed by atoms with Gasteiger partial charge in [0, 0.05) is 6.42 Å². The van der Waals surface area contributed by atoms with Crippen molar-refractivity contribution in [3.63, 3.8) is 0 Å². The van der Waals surface area contributed by atoms with E-state index in [0.29, 0.717) is 45.1 Å². The van der Waals surface area contributed by atoms with Crippen LogP contribution < -0.4 is 9.44 Å². The molecule has 1 fully saturated rings. The highest BCUT2D eigenvalue weighted by atomic mass is 32.2. The van der Waals surface area contributed by atoms with Gasteiger partial charge in [-0.05, 0) is 36.7 Å². The summed E-state index contributed by atoms with van der Waals surface area (Å²) in [6, 6.07) is 1.81. The molecule has 1 unspecified atom stereocenters. The van der Waals surface area contributed by atoms with Crippen LogP contribution >= 0.6 is 22.7 Å². The fraction of sp³-hybridized carbons (Fsp3) is 0.444. The molecular weight excluding hydrogens is 630 g/mol. The van der Waals surface area contributed by atoms with Crippen molar-refractivity contribution in [2.75, 3.05) is 6.61 Å². The first kappa shape index (κ1) is 32.9. The number of sulfonamides is 2. The first-order valence-corrected chi connectivity index (χ1v) is 14.8. The Balaban J connectivity index is 0.000000274. The van der Waals surface area contributed by atoms with Crippen LogP contribution in [0.3, 0.4) is 0 Å². The summed E-state index contributed by atoms with van der Waals surface area (Å²) >= 11 is 1.36. The topological polar surface area (TPSA) is 154 Å². The molecule has 2 N–H and O–H groups in total. The van der Waals surface area contributed by atoms with E-state index in [2.05, 4.69) is 0 Å². The number of esters is 2. The lowest BCUT2D eigenvalue weighted by molar-refractivity contribution is -0.184. The minimum Gasteiger partial charge on any atom is -0.459 e. The lowest BCUT2D eigenvalue weighted by Crippen LogP contribution is -2.38. The second-order valence-corrected chi connectivity index (χ2v) is 12.5. The number of alkyl halides is 6. The molecule has 0 saturated carbocycles. The molecule has 3 heterocycles. The van der Waals surface area contributed by atoms with Gasteiger partial charge in [-0.1, -0.05) is 0 Å². The lowest BCUT2D eigenvalue weighted by Gasteiger charge is -2.25. The molecule has 0 amide bonds. The van der Waals surface area contributed by atoms with Gasteiger partial charge in [-0.2, -0.15) is 26.3 Å². The summed E-state index contributed by atoms with van der Waals surface area (Å²) in [6.07, 6.45) is -11.1. The van der Waals surface area contributed by atoms with Crippen LogP contribution in [-0.4, -0.2) is 60.4 Å². The Morgan fingerprint density at radius 2 is 1.31 bits per heavy atom. The fourth-order valence-electron chi connectivity index (χ4n) is 2.48. The van der Waals surface area contributed by atoms with Gasteiger partial charge in [0.2, 0.25) is 26.3 Å². The minimum atomic E-state index is -5.13. The first-order valence-electron chi connectivity index (χ1n) is 10.1. The predicted octanol–water partition coefficient (Wildman–Crippen LogP) is 3.56. The maximum absolute atomic E-state index is 12.1. The van der Waals surface area contributed by atoms with E-state index in [1.165, 1.54) is 24.6 Å². The van der Waals surface area contributed by atoms with Crippen molar-refractivity contribution in [1.82, 2.24) is 9.44 Å². The maximum Gasteiger partial charge on any atom is 0.470 e. The second-order valence-electron chi connectivity index (χ2n) is 7.38. The van der Waals surface area contributed by atoms with Gasteiger partial charge in [0.15, 0.2) is 0 Å². The Kier molecular flexibility index (Phi) is 10.5. The number of rotatable bonds is 8. The average molecular weight is 649 g/mol. The zero-order chi connectivity index (χ0) is 29.8. The minimum absolute atomic E-state index is 0.398. The van der Waals surface area contributed by atoms with Crippen LogP contribution in [0.5, 0.6) is 0 Å². The summed E-state index contributed by atoms with van der Waals surface area (Å²) < 4.78 is 134. The summed E-state index contributed by atoms with van der Waals surface area (Å²) in [5.74, 6) is -2.01. The SMILES string of the molecule is CC(C)OC(=O)c1sccc1S(=O)(=O)NC(F)(F)F.O=C(OC1CCO1)c1sccc1S(=O)(=O)NC(F)(F)F. The third-order valence-electron chi connectivity index (χ3n) is 3.95. The standard InChI is InChI=1S/C9H8F3NO5S2.C9H10F3NO4S2/c10-9(11,12)13-20(15,16)5-2-4-19-7(5)8(14)18-6-1-3-17-6;1-5(2)17-8(14)7-6(3-4-18-7)19(15,16)13-9(10,11)12/h2,4,6,13H,1,3H2;3-5,13H,1-2H3. The van der Waals surface area contributed by atoms with E-state index < -0.39 is 76.5 Å². The van der Waals surface area contributed by atoms with Crippen molar-refractivity contribution in [2.45, 2.75) is 55.1 Å². The van der Waals surface area contributed by atoms with E-state index in [4.69, 9.17) is 14.2 Å². The first-order chi connectivity index (χ1) is 17.7. The molecule has 1 atom stereocenters. The van der Waals surface area contributed by atoms with Gasteiger partial charge in [-0.3, -0.25) is 0 Å². The van der Waals surface area contributed by atoms with Gasteiger partial charge in [0.05, 0.1) is 12.7 Å². The number of hydrogen-bond acceptors (Lipinski definition) is 11. The van der Waals surface area contributed by atoms with E-state index >= 15 is 0 Å². The molecule has 1 aliphatic rings. The van der Waals surface area contributed by atoms with Crippen molar-refractivity contribution in [2.24, 2.45) is 0 Å². The summed E-state index contributed by atoms with van der Waals surface area (Å²) in [5.41, 5.74) is 0. The molecule has 2 aromatic rings. The molecule has 0 spiro atoms. The average Bonchev–Trinajstić information content (AvgIpc) is 3.37. The van der Waals surface area contributed by atoms with Crippen LogP contribution in [-0.2, 0) is 34.3 Å². The van der Waals surface area contributed by atoms with Crippen molar-refractivity contribution >= 4 is 54.7 Å². The molecule has 1 saturated heterocycles. The number of nitrogens with one attached hydrogen (secondary N) is 2. The number of halogens is 6. The van der Waals surface area contributed by atoms with Crippen LogP contribution in [0, 0.1) is 0 Å². The predicted molar refractivity (Wildman–Crippen MR) is 122 cm³/mol. The van der Waals surface area contributed by atoms with Gasteiger partial charge in [-0.15, -0.1) is 32.1 Å². The van der Waals surface area contributed by atoms with Gasteiger partial charge in [0.1, 0.15) is 19.5 Å². The number of ether oxygens (including phenoxy) is 3. The van der Waals surface area contributed by atoms with Gasteiger partial charge in [-0.25, -0.2) is 26.4 Å². The number of thiophene rings is 2. The summed E-state index contributed by atoms with van der Waals surface area (Å²) in [7, 11) is -9.73. The van der Waals surface area contributed by atoms with Crippen LogP contribution in [0.2, 0.25) is 0 Å². The van der Waals surface area contributed by atoms with Crippen LogP contribution in [0.15, 0.2) is 32.7 Å². The van der Waals surface area contributed by atoms with Crippen LogP contribution in [0.1, 0.15) is 39.6 Å². The van der Waals surface area contributed by atoms with E-state index in [1.54, 1.807) is 0 Å². The monoisotopic (exact) mass is 648 g/mol. The van der Waals surface area contributed by atoms with Gasteiger partial charge < -0.3 is 14.2 Å². The van der Waals surface area contributed by atoms with Crippen LogP contribution in [0.25, 0.3) is 0 Å². The summed E-state index contributed by atoms with van der Waals surface area (Å²) in [6.45, 7) is 3.48.